The molecule has 134 valence electrons. The maximum atomic E-state index is 11.7. The number of fused-ring (bicyclic) bond motifs is 3. The molecule has 2 aromatic rings. The van der Waals surface area contributed by atoms with Gasteiger partial charge in [0.05, 0.1) is 21.0 Å². The molecule has 0 unspecified atom stereocenters. The minimum absolute atomic E-state index is 0.116. The van der Waals surface area contributed by atoms with Crippen LogP contribution in [0.25, 0.3) is 0 Å². The average Bonchev–Trinajstić information content (AvgIpc) is 3.09. The summed E-state index contributed by atoms with van der Waals surface area (Å²) in [5, 5.41) is 16.1. The van der Waals surface area contributed by atoms with Crippen LogP contribution in [0.2, 0.25) is 10.0 Å². The fourth-order valence-corrected chi connectivity index (χ4v) is 4.72. The van der Waals surface area contributed by atoms with Gasteiger partial charge in [-0.15, -0.1) is 0 Å². The lowest BCUT2D eigenvalue weighted by Crippen LogP contribution is -2.30. The van der Waals surface area contributed by atoms with E-state index in [1.54, 1.807) is 12.1 Å². The van der Waals surface area contributed by atoms with Gasteiger partial charge in [0.15, 0.2) is 0 Å². The first kappa shape index (κ1) is 17.4. The summed E-state index contributed by atoms with van der Waals surface area (Å²) in [5.41, 5.74) is 4.68. The zero-order chi connectivity index (χ0) is 18.6. The van der Waals surface area contributed by atoms with Gasteiger partial charge >= 0.3 is 0 Å². The van der Waals surface area contributed by atoms with Crippen molar-refractivity contribution in [1.29, 1.82) is 0 Å². The van der Waals surface area contributed by atoms with Crippen molar-refractivity contribution in [1.82, 2.24) is 0 Å². The van der Waals surface area contributed by atoms with Crippen LogP contribution in [0.5, 0.6) is 0 Å². The van der Waals surface area contributed by atoms with Gasteiger partial charge < -0.3 is 5.32 Å². The molecule has 1 aliphatic heterocycles. The molecule has 1 heterocycles. The van der Waals surface area contributed by atoms with Gasteiger partial charge in [0.25, 0.3) is 5.69 Å². The molecule has 1 aliphatic carbocycles. The fourth-order valence-electron chi connectivity index (χ4n) is 4.29. The lowest BCUT2D eigenvalue weighted by molar-refractivity contribution is -0.384. The van der Waals surface area contributed by atoms with E-state index in [-0.39, 0.29) is 28.5 Å². The average molecular weight is 389 g/mol. The Balaban J connectivity index is 1.94. The fraction of sp³-hybridized carbons (Fsp3) is 0.300. The predicted octanol–water partition coefficient (Wildman–Crippen LogP) is 6.34. The molecule has 0 amide bonds. The Morgan fingerprint density at radius 3 is 2.77 bits per heavy atom. The van der Waals surface area contributed by atoms with Crippen molar-refractivity contribution >= 4 is 34.6 Å². The molecule has 0 aromatic heterocycles. The van der Waals surface area contributed by atoms with E-state index in [4.69, 9.17) is 23.2 Å². The first-order valence-electron chi connectivity index (χ1n) is 8.55. The van der Waals surface area contributed by atoms with Crippen LogP contribution < -0.4 is 5.32 Å². The molecule has 0 radical (unpaired) electrons. The minimum Gasteiger partial charge on any atom is -0.372 e. The van der Waals surface area contributed by atoms with E-state index in [1.165, 1.54) is 0 Å². The number of nitrogens with zero attached hydrogens (tertiary/aromatic N) is 1. The summed E-state index contributed by atoms with van der Waals surface area (Å²) >= 11 is 12.7. The molecule has 0 spiro atoms. The van der Waals surface area contributed by atoms with Crippen LogP contribution in [0.15, 0.2) is 36.4 Å². The zero-order valence-corrected chi connectivity index (χ0v) is 15.9. The van der Waals surface area contributed by atoms with Crippen molar-refractivity contribution in [3.63, 3.8) is 0 Å². The summed E-state index contributed by atoms with van der Waals surface area (Å²) in [6, 6.07) is 7.09. The standard InChI is InChI=1S/C20H18Cl2N2O2/c1-10-9-16(24(25)26)20-17(11(10)2)12-5-3-6-13(12)19(23-20)14-7-4-8-15(21)18(14)22/h3-5,7-9,12-13,19,23H,6H2,1-2H3/t12-,13-,19+/m1/s1. The molecule has 0 saturated heterocycles. The topological polar surface area (TPSA) is 55.2 Å². The zero-order valence-electron chi connectivity index (χ0n) is 14.4. The number of halogens is 2. The third-order valence-corrected chi connectivity index (χ3v) is 6.50. The number of hydrogen-bond donors (Lipinski definition) is 1. The van der Waals surface area contributed by atoms with Crippen LogP contribution in [-0.2, 0) is 0 Å². The Bertz CT molecular complexity index is 955. The van der Waals surface area contributed by atoms with E-state index in [1.807, 2.05) is 26.0 Å². The molecule has 2 aliphatic rings. The second-order valence-corrected chi connectivity index (χ2v) is 7.79. The van der Waals surface area contributed by atoms with Crippen LogP contribution in [0.4, 0.5) is 11.4 Å². The van der Waals surface area contributed by atoms with E-state index < -0.39 is 0 Å². The van der Waals surface area contributed by atoms with Crippen molar-refractivity contribution in [2.75, 3.05) is 5.32 Å². The normalized spacial score (nSPS) is 23.3. The Morgan fingerprint density at radius 1 is 1.27 bits per heavy atom. The molecule has 4 nitrogen and oxygen atoms in total. The van der Waals surface area contributed by atoms with Crippen LogP contribution in [0.1, 0.15) is 40.6 Å². The quantitative estimate of drug-likeness (QED) is 0.370. The number of allylic oxidation sites excluding steroid dienone is 2. The largest absolute Gasteiger partial charge is 0.372 e. The molecule has 0 saturated carbocycles. The number of anilines is 1. The van der Waals surface area contributed by atoms with Gasteiger partial charge in [-0.05, 0) is 54.5 Å². The maximum Gasteiger partial charge on any atom is 0.292 e. The van der Waals surface area contributed by atoms with Crippen molar-refractivity contribution in [3.05, 3.63) is 78.8 Å². The molecule has 4 rings (SSSR count). The van der Waals surface area contributed by atoms with Gasteiger partial charge in [-0.2, -0.15) is 0 Å². The summed E-state index contributed by atoms with van der Waals surface area (Å²) in [4.78, 5) is 11.4. The molecular weight excluding hydrogens is 371 g/mol. The summed E-state index contributed by atoms with van der Waals surface area (Å²) in [5.74, 6) is 0.378. The predicted molar refractivity (Wildman–Crippen MR) is 105 cm³/mol. The highest BCUT2D eigenvalue weighted by Crippen LogP contribution is 2.54. The van der Waals surface area contributed by atoms with Crippen molar-refractivity contribution in [2.45, 2.75) is 32.2 Å². The molecule has 2 aromatic carbocycles. The molecule has 0 fully saturated rings. The Hall–Kier alpha value is -2.04. The second-order valence-electron chi connectivity index (χ2n) is 7.00. The highest BCUT2D eigenvalue weighted by Gasteiger charge is 2.42. The SMILES string of the molecule is Cc1cc([N+](=O)[O-])c2c(c1C)[C@@H]1C=CC[C@H]1[C@@H](c1cccc(Cl)c1Cl)N2. The van der Waals surface area contributed by atoms with Crippen LogP contribution in [0.3, 0.4) is 0 Å². The third kappa shape index (κ3) is 2.51. The number of nitrogens with one attached hydrogen (secondary N) is 1. The Labute approximate surface area is 162 Å². The lowest BCUT2D eigenvalue weighted by atomic mass is 9.74. The van der Waals surface area contributed by atoms with Crippen LogP contribution in [0, 0.1) is 29.9 Å². The van der Waals surface area contributed by atoms with E-state index in [9.17, 15) is 10.1 Å². The summed E-state index contributed by atoms with van der Waals surface area (Å²) in [7, 11) is 0. The lowest BCUT2D eigenvalue weighted by Gasteiger charge is -2.38. The first-order chi connectivity index (χ1) is 12.4. The van der Waals surface area contributed by atoms with Gasteiger partial charge in [0.1, 0.15) is 5.69 Å². The maximum absolute atomic E-state index is 11.7. The van der Waals surface area contributed by atoms with E-state index in [0.717, 1.165) is 28.7 Å². The summed E-state index contributed by atoms with van der Waals surface area (Å²) in [6.07, 6.45) is 5.23. The number of hydrogen-bond acceptors (Lipinski definition) is 3. The number of aryl methyl sites for hydroxylation is 1. The van der Waals surface area contributed by atoms with E-state index in [0.29, 0.717) is 15.7 Å². The van der Waals surface area contributed by atoms with Gasteiger partial charge in [0, 0.05) is 12.0 Å². The molecule has 1 N–H and O–H groups in total. The number of benzene rings is 2. The molecular formula is C20H18Cl2N2O2. The number of nitro benzene ring substituents is 1. The summed E-state index contributed by atoms with van der Waals surface area (Å²) in [6.45, 7) is 3.96. The third-order valence-electron chi connectivity index (χ3n) is 5.66. The minimum atomic E-state index is -0.312. The van der Waals surface area contributed by atoms with E-state index >= 15 is 0 Å². The van der Waals surface area contributed by atoms with Crippen LogP contribution >= 0.6 is 23.2 Å². The van der Waals surface area contributed by atoms with Crippen molar-refractivity contribution < 1.29 is 4.92 Å². The van der Waals surface area contributed by atoms with Gasteiger partial charge in [-0.25, -0.2) is 0 Å². The molecule has 0 bridgehead atoms. The highest BCUT2D eigenvalue weighted by molar-refractivity contribution is 6.42. The molecule has 26 heavy (non-hydrogen) atoms. The van der Waals surface area contributed by atoms with Gasteiger partial charge in [-0.3, -0.25) is 10.1 Å². The Morgan fingerprint density at radius 2 is 2.04 bits per heavy atom. The van der Waals surface area contributed by atoms with Gasteiger partial charge in [0.2, 0.25) is 0 Å². The number of nitro groups is 1. The molecule has 3 atom stereocenters. The van der Waals surface area contributed by atoms with E-state index in [2.05, 4.69) is 17.5 Å². The molecule has 6 heteroatoms. The van der Waals surface area contributed by atoms with Crippen LogP contribution in [-0.4, -0.2) is 4.92 Å². The number of rotatable bonds is 2. The monoisotopic (exact) mass is 388 g/mol. The van der Waals surface area contributed by atoms with Gasteiger partial charge in [-0.1, -0.05) is 47.5 Å². The van der Waals surface area contributed by atoms with Crippen molar-refractivity contribution in [3.8, 4) is 0 Å². The highest BCUT2D eigenvalue weighted by atomic mass is 35.5. The Kier molecular flexibility index (Phi) is 4.20. The first-order valence-corrected chi connectivity index (χ1v) is 9.31. The second kappa shape index (κ2) is 6.29. The smallest absolute Gasteiger partial charge is 0.292 e. The van der Waals surface area contributed by atoms with Crippen molar-refractivity contribution in [2.24, 2.45) is 5.92 Å². The summed E-state index contributed by atoms with van der Waals surface area (Å²) < 4.78 is 0.